The van der Waals surface area contributed by atoms with E-state index in [-0.39, 0.29) is 17.1 Å². The summed E-state index contributed by atoms with van der Waals surface area (Å²) in [5.74, 6) is -0.0130. The molecule has 0 unspecified atom stereocenters. The molecule has 1 N–H and O–H groups in total. The predicted octanol–water partition coefficient (Wildman–Crippen LogP) is 1.44. The van der Waals surface area contributed by atoms with Crippen molar-refractivity contribution < 1.29 is 13.2 Å². The number of carbonyl (C=O) groups excluding carboxylic acids is 1. The van der Waals surface area contributed by atoms with Gasteiger partial charge in [0.25, 0.3) is 0 Å². The average molecular weight is 363 g/mol. The first-order chi connectivity index (χ1) is 11.4. The van der Waals surface area contributed by atoms with Gasteiger partial charge in [-0.15, -0.1) is 10.2 Å². The van der Waals surface area contributed by atoms with E-state index in [0.717, 1.165) is 16.6 Å². The van der Waals surface area contributed by atoms with Crippen LogP contribution in [0.15, 0.2) is 46.0 Å². The van der Waals surface area contributed by atoms with Crippen LogP contribution >= 0.6 is 11.3 Å². The van der Waals surface area contributed by atoms with Gasteiger partial charge in [-0.25, -0.2) is 8.42 Å². The summed E-state index contributed by atoms with van der Waals surface area (Å²) in [6.07, 6.45) is 1.09. The van der Waals surface area contributed by atoms with Crippen molar-refractivity contribution >= 4 is 32.8 Å². The molecule has 24 heavy (non-hydrogen) atoms. The minimum atomic E-state index is -3.44. The molecule has 0 aliphatic heterocycles. The lowest BCUT2D eigenvalue weighted by molar-refractivity contribution is -0.117. The van der Waals surface area contributed by atoms with Crippen molar-refractivity contribution in [1.29, 1.82) is 0 Å². The van der Waals surface area contributed by atoms with Gasteiger partial charge in [0.05, 0.1) is 10.6 Å². The molecule has 2 aromatic heterocycles. The van der Waals surface area contributed by atoms with Gasteiger partial charge in [0, 0.05) is 17.2 Å². The first kappa shape index (κ1) is 16.3. The van der Waals surface area contributed by atoms with Gasteiger partial charge in [0.15, 0.2) is 9.84 Å². The van der Waals surface area contributed by atoms with E-state index < -0.39 is 15.7 Å². The molecular formula is C14H13N5O3S2. The number of anilines is 1. The molecule has 10 heteroatoms. The molecule has 2 heterocycles. The number of nitrogens with zero attached hydrogens (tertiary/aromatic N) is 4. The third-order valence-corrected chi connectivity index (χ3v) is 4.92. The summed E-state index contributed by atoms with van der Waals surface area (Å²) < 4.78 is 23.5. The Morgan fingerprint density at radius 2 is 2.08 bits per heavy atom. The Balaban J connectivity index is 1.73. The summed E-state index contributed by atoms with van der Waals surface area (Å²) in [7, 11) is -3.44. The van der Waals surface area contributed by atoms with E-state index in [2.05, 4.69) is 20.7 Å². The van der Waals surface area contributed by atoms with Gasteiger partial charge >= 0.3 is 0 Å². The Morgan fingerprint density at radius 3 is 2.79 bits per heavy atom. The number of sulfone groups is 1. The van der Waals surface area contributed by atoms with E-state index in [0.29, 0.717) is 5.82 Å². The highest BCUT2D eigenvalue weighted by Crippen LogP contribution is 2.20. The maximum atomic E-state index is 12.1. The summed E-state index contributed by atoms with van der Waals surface area (Å²) >= 11 is 1.51. The monoisotopic (exact) mass is 363 g/mol. The van der Waals surface area contributed by atoms with Crippen LogP contribution in [-0.2, 0) is 21.2 Å². The summed E-state index contributed by atoms with van der Waals surface area (Å²) in [6.45, 7) is -0.171. The smallest absolute Gasteiger partial charge is 0.248 e. The van der Waals surface area contributed by atoms with Crippen LogP contribution in [0.25, 0.3) is 11.4 Å². The Kier molecular flexibility index (Phi) is 4.40. The Labute approximate surface area is 142 Å². The van der Waals surface area contributed by atoms with Gasteiger partial charge in [0.1, 0.15) is 6.54 Å². The second kappa shape index (κ2) is 6.49. The maximum Gasteiger partial charge on any atom is 0.248 e. The molecule has 8 nitrogen and oxygen atoms in total. The molecule has 1 aromatic carbocycles. The minimum absolute atomic E-state index is 0.0591. The second-order valence-electron chi connectivity index (χ2n) is 4.97. The molecule has 0 atom stereocenters. The summed E-state index contributed by atoms with van der Waals surface area (Å²) in [5, 5.41) is 18.2. The van der Waals surface area contributed by atoms with E-state index in [4.69, 9.17) is 0 Å². The highest BCUT2D eigenvalue weighted by atomic mass is 32.2. The molecule has 0 saturated carbocycles. The molecule has 1 amide bonds. The largest absolute Gasteiger partial charge is 0.323 e. The van der Waals surface area contributed by atoms with E-state index in [1.807, 2.05) is 16.8 Å². The summed E-state index contributed by atoms with van der Waals surface area (Å²) in [4.78, 5) is 13.3. The fourth-order valence-electron chi connectivity index (χ4n) is 2.03. The zero-order valence-electron chi connectivity index (χ0n) is 12.6. The molecule has 0 saturated heterocycles. The van der Waals surface area contributed by atoms with Crippen LogP contribution in [0, 0.1) is 0 Å². The topological polar surface area (TPSA) is 107 Å². The molecule has 3 rings (SSSR count). The number of amides is 1. The average Bonchev–Trinajstić information content (AvgIpc) is 3.17. The van der Waals surface area contributed by atoms with Crippen LogP contribution in [0.2, 0.25) is 0 Å². The highest BCUT2D eigenvalue weighted by molar-refractivity contribution is 7.90. The maximum absolute atomic E-state index is 12.1. The van der Waals surface area contributed by atoms with Crippen LogP contribution in [0.4, 0.5) is 5.69 Å². The fraction of sp³-hybridized carbons (Fsp3) is 0.143. The van der Waals surface area contributed by atoms with Crippen molar-refractivity contribution in [2.45, 2.75) is 11.4 Å². The first-order valence-corrected chi connectivity index (χ1v) is 9.66. The summed E-state index contributed by atoms with van der Waals surface area (Å²) in [5.41, 5.74) is 1.05. The number of rotatable bonds is 5. The molecule has 0 aliphatic carbocycles. The molecule has 0 spiro atoms. The standard InChI is InChI=1S/C14H13N5O3S2/c1-24(21,22)12-5-3-2-4-11(12)15-13(20)8-19-17-14(16-18-19)10-6-7-23-9-10/h2-7,9H,8H2,1H3,(H,15,20). The summed E-state index contributed by atoms with van der Waals surface area (Å²) in [6, 6.07) is 8.06. The lowest BCUT2D eigenvalue weighted by atomic mass is 10.3. The van der Waals surface area contributed by atoms with Crippen LogP contribution < -0.4 is 5.32 Å². The number of thiophene rings is 1. The number of aromatic nitrogens is 4. The van der Waals surface area contributed by atoms with Crippen LogP contribution in [0.1, 0.15) is 0 Å². The second-order valence-corrected chi connectivity index (χ2v) is 7.74. The Morgan fingerprint density at radius 1 is 1.29 bits per heavy atom. The number of tetrazole rings is 1. The van der Waals surface area contributed by atoms with Gasteiger partial charge in [-0.2, -0.15) is 16.1 Å². The lowest BCUT2D eigenvalue weighted by Crippen LogP contribution is -2.21. The zero-order chi connectivity index (χ0) is 17.2. The fourth-order valence-corrected chi connectivity index (χ4v) is 3.51. The van der Waals surface area contributed by atoms with Gasteiger partial charge in [-0.3, -0.25) is 4.79 Å². The SMILES string of the molecule is CS(=O)(=O)c1ccccc1NC(=O)Cn1nnc(-c2ccsc2)n1. The number of nitrogens with one attached hydrogen (secondary N) is 1. The van der Waals surface area contributed by atoms with Gasteiger partial charge in [0.2, 0.25) is 11.7 Å². The first-order valence-electron chi connectivity index (χ1n) is 6.83. The highest BCUT2D eigenvalue weighted by Gasteiger charge is 2.15. The van der Waals surface area contributed by atoms with Crippen molar-refractivity contribution in [2.75, 3.05) is 11.6 Å². The van der Waals surface area contributed by atoms with Crippen molar-refractivity contribution in [3.8, 4) is 11.4 Å². The van der Waals surface area contributed by atoms with Crippen molar-refractivity contribution in [1.82, 2.24) is 20.2 Å². The van der Waals surface area contributed by atoms with Crippen LogP contribution in [0.5, 0.6) is 0 Å². The number of carbonyl (C=O) groups is 1. The van der Waals surface area contributed by atoms with Crippen LogP contribution in [0.3, 0.4) is 0 Å². The number of benzene rings is 1. The predicted molar refractivity (Wildman–Crippen MR) is 89.3 cm³/mol. The van der Waals surface area contributed by atoms with Gasteiger partial charge in [-0.1, -0.05) is 12.1 Å². The molecule has 0 bridgehead atoms. The van der Waals surface area contributed by atoms with Gasteiger partial charge in [-0.05, 0) is 28.8 Å². The zero-order valence-corrected chi connectivity index (χ0v) is 14.2. The van der Waals surface area contributed by atoms with Gasteiger partial charge < -0.3 is 5.32 Å². The van der Waals surface area contributed by atoms with E-state index in [9.17, 15) is 13.2 Å². The van der Waals surface area contributed by atoms with Crippen molar-refractivity contribution in [3.05, 3.63) is 41.1 Å². The number of hydrogen-bond donors (Lipinski definition) is 1. The van der Waals surface area contributed by atoms with Crippen LogP contribution in [-0.4, -0.2) is 40.8 Å². The number of para-hydroxylation sites is 1. The third kappa shape index (κ3) is 3.66. The van der Waals surface area contributed by atoms with Crippen molar-refractivity contribution in [3.63, 3.8) is 0 Å². The molecule has 0 radical (unpaired) electrons. The Hall–Kier alpha value is -2.59. The van der Waals surface area contributed by atoms with E-state index in [1.54, 1.807) is 12.1 Å². The normalized spacial score (nSPS) is 11.4. The lowest BCUT2D eigenvalue weighted by Gasteiger charge is -2.09. The molecule has 124 valence electrons. The number of hydrogen-bond acceptors (Lipinski definition) is 7. The van der Waals surface area contributed by atoms with E-state index >= 15 is 0 Å². The molecular weight excluding hydrogens is 350 g/mol. The minimum Gasteiger partial charge on any atom is -0.323 e. The quantitative estimate of drug-likeness (QED) is 0.735. The van der Waals surface area contributed by atoms with E-state index in [1.165, 1.54) is 23.5 Å². The molecule has 0 aliphatic rings. The van der Waals surface area contributed by atoms with Crippen molar-refractivity contribution in [2.24, 2.45) is 0 Å². The third-order valence-electron chi connectivity index (χ3n) is 3.08. The molecule has 3 aromatic rings. The molecule has 0 fully saturated rings. The Bertz CT molecular complexity index is 964.